The molecule has 1 fully saturated rings. The van der Waals surface area contributed by atoms with Gasteiger partial charge in [0.25, 0.3) is 0 Å². The van der Waals surface area contributed by atoms with Crippen LogP contribution in [0.3, 0.4) is 0 Å². The molecule has 1 amide bonds. The Labute approximate surface area is 151 Å². The highest BCUT2D eigenvalue weighted by Gasteiger charge is 2.30. The largest absolute Gasteiger partial charge is 0.434 e. The van der Waals surface area contributed by atoms with Crippen molar-refractivity contribution in [3.05, 3.63) is 65.7 Å². The summed E-state index contributed by atoms with van der Waals surface area (Å²) in [6.07, 6.45) is 1.77. The maximum Gasteiger partial charge on any atom is 0.387 e. The number of nitrogens with one attached hydrogen (secondary N) is 1. The molecular weight excluding hydrogens is 338 g/mol. The van der Waals surface area contributed by atoms with E-state index in [-0.39, 0.29) is 24.2 Å². The summed E-state index contributed by atoms with van der Waals surface area (Å²) in [6, 6.07) is 16.4. The zero-order valence-electron chi connectivity index (χ0n) is 14.4. The summed E-state index contributed by atoms with van der Waals surface area (Å²) in [5, 5.41) is 2.86. The Balaban J connectivity index is 1.59. The van der Waals surface area contributed by atoms with E-state index in [0.29, 0.717) is 5.56 Å². The van der Waals surface area contributed by atoms with Gasteiger partial charge in [0.1, 0.15) is 5.75 Å². The monoisotopic (exact) mass is 360 g/mol. The molecule has 1 N–H and O–H groups in total. The quantitative estimate of drug-likeness (QED) is 0.821. The van der Waals surface area contributed by atoms with E-state index < -0.39 is 6.61 Å². The highest BCUT2D eigenvalue weighted by molar-refractivity contribution is 5.82. The number of benzene rings is 2. The molecule has 1 aliphatic heterocycles. The van der Waals surface area contributed by atoms with Crippen molar-refractivity contribution >= 4 is 5.91 Å². The number of halogens is 2. The number of rotatable bonds is 7. The molecule has 1 saturated heterocycles. The van der Waals surface area contributed by atoms with Crippen molar-refractivity contribution in [1.82, 2.24) is 10.2 Å². The number of amides is 1. The van der Waals surface area contributed by atoms with E-state index in [9.17, 15) is 13.6 Å². The normalized spacial score (nSPS) is 17.4. The lowest BCUT2D eigenvalue weighted by Gasteiger charge is -2.24. The van der Waals surface area contributed by atoms with Crippen molar-refractivity contribution in [2.24, 2.45) is 0 Å². The molecule has 1 unspecified atom stereocenters. The molecule has 0 aliphatic carbocycles. The number of para-hydroxylation sites is 1. The Kier molecular flexibility index (Phi) is 6.17. The van der Waals surface area contributed by atoms with Crippen molar-refractivity contribution in [3.63, 3.8) is 0 Å². The molecule has 0 spiro atoms. The summed E-state index contributed by atoms with van der Waals surface area (Å²) < 4.78 is 29.5. The summed E-state index contributed by atoms with van der Waals surface area (Å²) in [4.78, 5) is 14.8. The van der Waals surface area contributed by atoms with Gasteiger partial charge in [-0.2, -0.15) is 8.78 Å². The van der Waals surface area contributed by atoms with Crippen LogP contribution in [-0.2, 0) is 17.9 Å². The summed E-state index contributed by atoms with van der Waals surface area (Å²) in [6.45, 7) is -1.12. The second-order valence-corrected chi connectivity index (χ2v) is 6.32. The molecule has 6 heteroatoms. The molecule has 0 bridgehead atoms. The fourth-order valence-electron chi connectivity index (χ4n) is 3.29. The number of alkyl halides is 2. The van der Waals surface area contributed by atoms with Gasteiger partial charge in [0.15, 0.2) is 0 Å². The first-order chi connectivity index (χ1) is 12.6. The summed E-state index contributed by atoms with van der Waals surface area (Å²) in [5.74, 6) is 0.0145. The third kappa shape index (κ3) is 4.79. The molecule has 4 nitrogen and oxygen atoms in total. The summed E-state index contributed by atoms with van der Waals surface area (Å²) in [7, 11) is 0. The van der Waals surface area contributed by atoms with Gasteiger partial charge in [0.2, 0.25) is 5.91 Å². The molecule has 0 saturated carbocycles. The Bertz CT molecular complexity index is 725. The number of carbonyl (C=O) groups is 1. The minimum absolute atomic E-state index is 0.0784. The van der Waals surface area contributed by atoms with Crippen molar-refractivity contribution in [3.8, 4) is 5.75 Å². The Morgan fingerprint density at radius 1 is 1.15 bits per heavy atom. The van der Waals surface area contributed by atoms with E-state index in [2.05, 4.69) is 15.0 Å². The van der Waals surface area contributed by atoms with Crippen molar-refractivity contribution in [2.45, 2.75) is 38.6 Å². The van der Waals surface area contributed by atoms with Gasteiger partial charge in [-0.25, -0.2) is 0 Å². The fraction of sp³-hybridized carbons (Fsp3) is 0.350. The molecule has 0 aromatic heterocycles. The number of ether oxygens (including phenoxy) is 1. The predicted octanol–water partition coefficient (Wildman–Crippen LogP) is 3.57. The van der Waals surface area contributed by atoms with Crippen LogP contribution in [0.1, 0.15) is 24.0 Å². The second kappa shape index (κ2) is 8.76. The van der Waals surface area contributed by atoms with Gasteiger partial charge >= 0.3 is 6.61 Å². The minimum atomic E-state index is -2.89. The van der Waals surface area contributed by atoms with Gasteiger partial charge in [-0.05, 0) is 31.0 Å². The average Bonchev–Trinajstić information content (AvgIpc) is 3.09. The lowest BCUT2D eigenvalue weighted by atomic mass is 10.1. The maximum atomic E-state index is 12.6. The molecule has 26 heavy (non-hydrogen) atoms. The molecule has 1 aliphatic rings. The first kappa shape index (κ1) is 18.3. The Morgan fingerprint density at radius 2 is 1.88 bits per heavy atom. The van der Waals surface area contributed by atoms with Crippen LogP contribution >= 0.6 is 0 Å². The maximum absolute atomic E-state index is 12.6. The van der Waals surface area contributed by atoms with Gasteiger partial charge in [-0.1, -0.05) is 48.5 Å². The van der Waals surface area contributed by atoms with E-state index in [1.54, 1.807) is 18.2 Å². The third-order valence-corrected chi connectivity index (χ3v) is 4.54. The van der Waals surface area contributed by atoms with Gasteiger partial charge in [-0.3, -0.25) is 9.69 Å². The van der Waals surface area contributed by atoms with Crippen LogP contribution in [0.4, 0.5) is 8.78 Å². The number of hydrogen-bond donors (Lipinski definition) is 1. The molecule has 2 aromatic carbocycles. The van der Waals surface area contributed by atoms with E-state index >= 15 is 0 Å². The molecule has 2 aromatic rings. The smallest absolute Gasteiger partial charge is 0.387 e. The van der Waals surface area contributed by atoms with E-state index in [0.717, 1.165) is 25.9 Å². The highest BCUT2D eigenvalue weighted by atomic mass is 19.3. The van der Waals surface area contributed by atoms with E-state index in [1.807, 2.05) is 30.3 Å². The number of nitrogens with zero attached hydrogens (tertiary/aromatic N) is 1. The Hall–Kier alpha value is -2.47. The minimum Gasteiger partial charge on any atom is -0.434 e. The summed E-state index contributed by atoms with van der Waals surface area (Å²) in [5.41, 5.74) is 1.71. The van der Waals surface area contributed by atoms with Crippen LogP contribution < -0.4 is 10.1 Å². The van der Waals surface area contributed by atoms with Crippen LogP contribution in [0.25, 0.3) is 0 Å². The Morgan fingerprint density at radius 3 is 2.65 bits per heavy atom. The van der Waals surface area contributed by atoms with Crippen LogP contribution in [0, 0.1) is 0 Å². The second-order valence-electron chi connectivity index (χ2n) is 6.32. The standard InChI is InChI=1S/C20H22F2N2O2/c21-20(22)26-18-11-5-4-9-16(18)13-23-19(25)17-10-6-12-24(17)14-15-7-2-1-3-8-15/h1-5,7-9,11,17,20H,6,10,12-14H2,(H,23,25). The van der Waals surface area contributed by atoms with Gasteiger partial charge < -0.3 is 10.1 Å². The molecule has 3 rings (SSSR count). The third-order valence-electron chi connectivity index (χ3n) is 4.54. The number of carbonyl (C=O) groups excluding carboxylic acids is 1. The average molecular weight is 360 g/mol. The van der Waals surface area contributed by atoms with E-state index in [4.69, 9.17) is 0 Å². The first-order valence-electron chi connectivity index (χ1n) is 8.72. The van der Waals surface area contributed by atoms with Crippen molar-refractivity contribution < 1.29 is 18.3 Å². The highest BCUT2D eigenvalue weighted by Crippen LogP contribution is 2.22. The zero-order valence-corrected chi connectivity index (χ0v) is 14.4. The van der Waals surface area contributed by atoms with Crippen LogP contribution in [-0.4, -0.2) is 30.0 Å². The zero-order chi connectivity index (χ0) is 18.4. The van der Waals surface area contributed by atoms with Gasteiger partial charge in [-0.15, -0.1) is 0 Å². The number of hydrogen-bond acceptors (Lipinski definition) is 3. The van der Waals surface area contributed by atoms with Crippen molar-refractivity contribution in [1.29, 1.82) is 0 Å². The van der Waals surface area contributed by atoms with Crippen molar-refractivity contribution in [2.75, 3.05) is 6.54 Å². The van der Waals surface area contributed by atoms with Crippen LogP contribution in [0.2, 0.25) is 0 Å². The van der Waals surface area contributed by atoms with Gasteiger partial charge in [0, 0.05) is 18.7 Å². The number of likely N-dealkylation sites (tertiary alicyclic amines) is 1. The molecule has 1 heterocycles. The van der Waals surface area contributed by atoms with Gasteiger partial charge in [0.05, 0.1) is 6.04 Å². The fourth-order valence-corrected chi connectivity index (χ4v) is 3.29. The summed E-state index contributed by atoms with van der Waals surface area (Å²) >= 11 is 0. The molecule has 138 valence electrons. The SMILES string of the molecule is O=C(NCc1ccccc1OC(F)F)C1CCCN1Cc1ccccc1. The van der Waals surface area contributed by atoms with Crippen LogP contribution in [0.15, 0.2) is 54.6 Å². The molecule has 1 atom stereocenters. The topological polar surface area (TPSA) is 41.6 Å². The van der Waals surface area contributed by atoms with Crippen LogP contribution in [0.5, 0.6) is 5.75 Å². The molecular formula is C20H22F2N2O2. The predicted molar refractivity (Wildman–Crippen MR) is 94.8 cm³/mol. The van der Waals surface area contributed by atoms with E-state index in [1.165, 1.54) is 11.6 Å². The lowest BCUT2D eigenvalue weighted by Crippen LogP contribution is -2.42. The first-order valence-corrected chi connectivity index (χ1v) is 8.72. The lowest BCUT2D eigenvalue weighted by molar-refractivity contribution is -0.125. The molecule has 0 radical (unpaired) electrons.